The molecule has 0 aliphatic heterocycles. The number of anilines is 1. The van der Waals surface area contributed by atoms with Crippen molar-refractivity contribution in [2.24, 2.45) is 0 Å². The number of hydrogen-bond acceptors (Lipinski definition) is 2. The van der Waals surface area contributed by atoms with Gasteiger partial charge in [0.15, 0.2) is 6.61 Å². The summed E-state index contributed by atoms with van der Waals surface area (Å²) in [6, 6.07) is 11.7. The molecule has 0 saturated carbocycles. The van der Waals surface area contributed by atoms with E-state index >= 15 is 0 Å². The number of benzene rings is 2. The van der Waals surface area contributed by atoms with Crippen LogP contribution in [-0.4, -0.2) is 12.5 Å². The monoisotopic (exact) mass is 347 g/mol. The number of hydrogen-bond donors (Lipinski definition) is 1. The highest BCUT2D eigenvalue weighted by molar-refractivity contribution is 9.10. The minimum atomic E-state index is -0.180. The first-order valence-corrected chi connectivity index (χ1v) is 7.51. The van der Waals surface area contributed by atoms with Gasteiger partial charge in [0.25, 0.3) is 5.91 Å². The highest BCUT2D eigenvalue weighted by Gasteiger charge is 2.08. The zero-order chi connectivity index (χ0) is 15.4. The molecule has 2 aromatic rings. The van der Waals surface area contributed by atoms with Crippen molar-refractivity contribution < 1.29 is 9.53 Å². The van der Waals surface area contributed by atoms with Crippen molar-refractivity contribution in [2.45, 2.75) is 20.8 Å². The molecule has 2 rings (SSSR count). The van der Waals surface area contributed by atoms with E-state index in [0.717, 1.165) is 32.6 Å². The first-order chi connectivity index (χ1) is 9.95. The minimum absolute atomic E-state index is 0.00932. The van der Waals surface area contributed by atoms with Crippen LogP contribution in [0.25, 0.3) is 0 Å². The minimum Gasteiger partial charge on any atom is -0.483 e. The van der Waals surface area contributed by atoms with Crippen LogP contribution in [0.3, 0.4) is 0 Å². The Morgan fingerprint density at radius 1 is 1.10 bits per heavy atom. The van der Waals surface area contributed by atoms with Crippen molar-refractivity contribution >= 4 is 27.5 Å². The molecule has 110 valence electrons. The van der Waals surface area contributed by atoms with Gasteiger partial charge in [0, 0.05) is 4.47 Å². The molecule has 4 heteroatoms. The maximum Gasteiger partial charge on any atom is 0.262 e. The van der Waals surface area contributed by atoms with Crippen LogP contribution in [0, 0.1) is 20.8 Å². The molecule has 0 aliphatic rings. The smallest absolute Gasteiger partial charge is 0.262 e. The molecule has 0 aromatic heterocycles. The largest absolute Gasteiger partial charge is 0.483 e. The maximum absolute atomic E-state index is 12.0. The third-order valence-electron chi connectivity index (χ3n) is 3.10. The zero-order valence-corrected chi connectivity index (χ0v) is 14.0. The summed E-state index contributed by atoms with van der Waals surface area (Å²) >= 11 is 3.44. The van der Waals surface area contributed by atoms with Gasteiger partial charge in [-0.15, -0.1) is 0 Å². The summed E-state index contributed by atoms with van der Waals surface area (Å²) < 4.78 is 6.45. The Morgan fingerprint density at radius 3 is 2.48 bits per heavy atom. The normalized spacial score (nSPS) is 10.3. The Bertz CT molecular complexity index is 668. The molecule has 0 aliphatic carbocycles. The first kappa shape index (κ1) is 15.6. The van der Waals surface area contributed by atoms with Crippen LogP contribution < -0.4 is 10.1 Å². The van der Waals surface area contributed by atoms with Gasteiger partial charge in [-0.25, -0.2) is 0 Å². The highest BCUT2D eigenvalue weighted by atomic mass is 79.9. The van der Waals surface area contributed by atoms with Crippen LogP contribution in [0.2, 0.25) is 0 Å². The number of aryl methyl sites for hydroxylation is 3. The lowest BCUT2D eigenvalue weighted by atomic mass is 10.1. The van der Waals surface area contributed by atoms with Gasteiger partial charge in [0.1, 0.15) is 5.75 Å². The van der Waals surface area contributed by atoms with Crippen molar-refractivity contribution in [1.29, 1.82) is 0 Å². The average Bonchev–Trinajstić information content (AvgIpc) is 2.43. The summed E-state index contributed by atoms with van der Waals surface area (Å²) in [5, 5.41) is 2.83. The van der Waals surface area contributed by atoms with E-state index in [1.54, 1.807) is 0 Å². The Labute approximate surface area is 133 Å². The van der Waals surface area contributed by atoms with Crippen LogP contribution in [0.15, 0.2) is 40.9 Å². The summed E-state index contributed by atoms with van der Waals surface area (Å²) in [6.07, 6.45) is 0. The summed E-state index contributed by atoms with van der Waals surface area (Å²) in [6.45, 7) is 5.95. The SMILES string of the molecule is Cc1ccc(NC(=O)COc2cc(C)ccc2C)c(Br)c1. The molecule has 0 atom stereocenters. The van der Waals surface area contributed by atoms with Crippen molar-refractivity contribution in [3.8, 4) is 5.75 Å². The molecule has 0 bridgehead atoms. The Balaban J connectivity index is 1.97. The molecule has 21 heavy (non-hydrogen) atoms. The Morgan fingerprint density at radius 2 is 1.76 bits per heavy atom. The molecule has 0 unspecified atom stereocenters. The van der Waals surface area contributed by atoms with E-state index in [0.29, 0.717) is 0 Å². The van der Waals surface area contributed by atoms with Crippen molar-refractivity contribution in [3.63, 3.8) is 0 Å². The molecule has 0 radical (unpaired) electrons. The molecule has 0 spiro atoms. The van der Waals surface area contributed by atoms with Gasteiger partial charge in [0.05, 0.1) is 5.69 Å². The summed E-state index contributed by atoms with van der Waals surface area (Å²) in [5.41, 5.74) is 4.00. The number of amides is 1. The standard InChI is InChI=1S/C17H18BrNO2/c1-11-5-7-15(14(18)8-11)19-17(20)10-21-16-9-12(2)4-6-13(16)3/h4-9H,10H2,1-3H3,(H,19,20). The fraction of sp³-hybridized carbons (Fsp3) is 0.235. The van der Waals surface area contributed by atoms with Gasteiger partial charge in [-0.05, 0) is 71.6 Å². The number of carbonyl (C=O) groups is 1. The lowest BCUT2D eigenvalue weighted by Gasteiger charge is -2.11. The van der Waals surface area contributed by atoms with Crippen molar-refractivity contribution in [2.75, 3.05) is 11.9 Å². The third-order valence-corrected chi connectivity index (χ3v) is 3.76. The number of rotatable bonds is 4. The second-order valence-electron chi connectivity index (χ2n) is 5.09. The Hall–Kier alpha value is -1.81. The second kappa shape index (κ2) is 6.76. The van der Waals surface area contributed by atoms with E-state index in [1.165, 1.54) is 0 Å². The Kier molecular flexibility index (Phi) is 5.02. The van der Waals surface area contributed by atoms with Crippen LogP contribution in [0.1, 0.15) is 16.7 Å². The third kappa shape index (κ3) is 4.33. The van der Waals surface area contributed by atoms with Crippen LogP contribution in [-0.2, 0) is 4.79 Å². The number of ether oxygens (including phenoxy) is 1. The van der Waals surface area contributed by atoms with Crippen LogP contribution in [0.5, 0.6) is 5.75 Å². The predicted molar refractivity (Wildman–Crippen MR) is 88.9 cm³/mol. The van der Waals surface area contributed by atoms with E-state index in [9.17, 15) is 4.79 Å². The fourth-order valence-corrected chi connectivity index (χ4v) is 2.51. The molecule has 0 saturated heterocycles. The van der Waals surface area contributed by atoms with Gasteiger partial charge in [-0.2, -0.15) is 0 Å². The predicted octanol–water partition coefficient (Wildman–Crippen LogP) is 4.39. The number of halogens is 1. The molecular weight excluding hydrogens is 330 g/mol. The van der Waals surface area contributed by atoms with Crippen LogP contribution in [0.4, 0.5) is 5.69 Å². The topological polar surface area (TPSA) is 38.3 Å². The quantitative estimate of drug-likeness (QED) is 0.890. The van der Waals surface area contributed by atoms with E-state index in [4.69, 9.17) is 4.74 Å². The van der Waals surface area contributed by atoms with E-state index in [1.807, 2.05) is 57.2 Å². The van der Waals surface area contributed by atoms with Crippen molar-refractivity contribution in [1.82, 2.24) is 0 Å². The molecule has 0 heterocycles. The number of nitrogens with one attached hydrogen (secondary N) is 1. The van der Waals surface area contributed by atoms with Crippen molar-refractivity contribution in [3.05, 3.63) is 57.6 Å². The molecule has 2 aromatic carbocycles. The molecule has 3 nitrogen and oxygen atoms in total. The maximum atomic E-state index is 12.0. The van der Waals surface area contributed by atoms with E-state index < -0.39 is 0 Å². The first-order valence-electron chi connectivity index (χ1n) is 6.72. The molecule has 1 N–H and O–H groups in total. The highest BCUT2D eigenvalue weighted by Crippen LogP contribution is 2.23. The summed E-state index contributed by atoms with van der Waals surface area (Å²) in [7, 11) is 0. The molecule has 1 amide bonds. The molecular formula is C17H18BrNO2. The van der Waals surface area contributed by atoms with E-state index in [2.05, 4.69) is 21.2 Å². The van der Waals surface area contributed by atoms with Gasteiger partial charge in [-0.3, -0.25) is 4.79 Å². The zero-order valence-electron chi connectivity index (χ0n) is 12.4. The van der Waals surface area contributed by atoms with E-state index in [-0.39, 0.29) is 12.5 Å². The van der Waals surface area contributed by atoms with Crippen LogP contribution >= 0.6 is 15.9 Å². The number of carbonyl (C=O) groups excluding carboxylic acids is 1. The van der Waals surface area contributed by atoms with Gasteiger partial charge >= 0.3 is 0 Å². The van der Waals surface area contributed by atoms with Gasteiger partial charge < -0.3 is 10.1 Å². The van der Waals surface area contributed by atoms with Gasteiger partial charge in [-0.1, -0.05) is 18.2 Å². The lowest BCUT2D eigenvalue weighted by molar-refractivity contribution is -0.118. The summed E-state index contributed by atoms with van der Waals surface area (Å²) in [5.74, 6) is 0.564. The fourth-order valence-electron chi connectivity index (χ4n) is 1.91. The molecule has 0 fully saturated rings. The second-order valence-corrected chi connectivity index (χ2v) is 5.94. The lowest BCUT2D eigenvalue weighted by Crippen LogP contribution is -2.20. The average molecular weight is 348 g/mol. The summed E-state index contributed by atoms with van der Waals surface area (Å²) in [4.78, 5) is 12.0. The van der Waals surface area contributed by atoms with Gasteiger partial charge in [0.2, 0.25) is 0 Å².